The molecule has 92 heavy (non-hydrogen) atoms. The number of para-hydroxylation sites is 1. The van der Waals surface area contributed by atoms with E-state index in [1.165, 1.54) is 93.4 Å². The van der Waals surface area contributed by atoms with E-state index in [0.717, 1.165) is 5.52 Å². The molecule has 1 aliphatic heterocycles. The van der Waals surface area contributed by atoms with E-state index < -0.39 is 0 Å². The number of thiophene rings is 1. The molecular formula is C85H144N6S. The van der Waals surface area contributed by atoms with Crippen molar-refractivity contribution in [3.8, 4) is 0 Å². The Bertz CT molecular complexity index is 2290. The van der Waals surface area contributed by atoms with Gasteiger partial charge < -0.3 is 0 Å². The lowest BCUT2D eigenvalue weighted by atomic mass is 10.0. The van der Waals surface area contributed by atoms with E-state index >= 15 is 0 Å². The van der Waals surface area contributed by atoms with Crippen molar-refractivity contribution in [1.29, 1.82) is 0 Å². The Morgan fingerprint density at radius 3 is 0.815 bits per heavy atom. The van der Waals surface area contributed by atoms with Crippen molar-refractivity contribution in [2.75, 3.05) is 13.1 Å². The third kappa shape index (κ3) is 90.9. The predicted molar refractivity (Wildman–Crippen MR) is 419 cm³/mol. The summed E-state index contributed by atoms with van der Waals surface area (Å²) in [5, 5.41) is 12.0. The lowest BCUT2D eigenvalue weighted by Crippen LogP contribution is -2.44. The summed E-state index contributed by atoms with van der Waals surface area (Å²) in [5.74, 6) is 0. The van der Waals surface area contributed by atoms with Crippen LogP contribution in [0.3, 0.4) is 0 Å². The lowest BCUT2D eigenvalue weighted by Gasteiger charge is -2.38. The molecule has 0 spiro atoms. The van der Waals surface area contributed by atoms with Crippen molar-refractivity contribution in [1.82, 2.24) is 29.6 Å². The van der Waals surface area contributed by atoms with E-state index in [2.05, 4.69) is 293 Å². The molecule has 1 aliphatic carbocycles. The van der Waals surface area contributed by atoms with Crippen LogP contribution >= 0.6 is 11.3 Å². The number of fused-ring (bicyclic) bond motifs is 2. The summed E-state index contributed by atoms with van der Waals surface area (Å²) in [6, 6.07) is 48.5. The smallest absolute Gasteiger partial charge is 0.115 e. The minimum absolute atomic E-state index is 0.128. The third-order valence-corrected chi connectivity index (χ3v) is 10.4. The van der Waals surface area contributed by atoms with Gasteiger partial charge in [-0.2, -0.15) is 16.4 Å². The van der Waals surface area contributed by atoms with Crippen LogP contribution in [0.2, 0.25) is 0 Å². The average Bonchev–Trinajstić information content (AvgIpc) is 1.16. The summed E-state index contributed by atoms with van der Waals surface area (Å²) in [7, 11) is 0. The van der Waals surface area contributed by atoms with Gasteiger partial charge in [-0.25, -0.2) is 9.97 Å². The van der Waals surface area contributed by atoms with Crippen molar-refractivity contribution in [3.05, 3.63) is 194 Å². The number of benzene rings is 4. The van der Waals surface area contributed by atoms with Crippen LogP contribution in [0, 0.1) is 32.5 Å². The Labute approximate surface area is 575 Å². The maximum atomic E-state index is 4.18. The van der Waals surface area contributed by atoms with Crippen LogP contribution < -0.4 is 0 Å². The molecule has 5 heterocycles. The van der Waals surface area contributed by atoms with Crippen LogP contribution in [0.1, 0.15) is 265 Å². The fourth-order valence-electron chi connectivity index (χ4n) is 6.31. The van der Waals surface area contributed by atoms with E-state index in [4.69, 9.17) is 0 Å². The molecule has 2 aliphatic rings. The Morgan fingerprint density at radius 2 is 0.598 bits per heavy atom. The molecule has 520 valence electrons. The van der Waals surface area contributed by atoms with Gasteiger partial charge in [0.1, 0.15) is 6.33 Å². The Morgan fingerprint density at radius 1 is 0.293 bits per heavy atom. The van der Waals surface area contributed by atoms with Gasteiger partial charge >= 0.3 is 0 Å². The molecule has 0 unspecified atom stereocenters. The average molecular weight is 1280 g/mol. The second kappa shape index (κ2) is 51.9. The van der Waals surface area contributed by atoms with Crippen molar-refractivity contribution >= 4 is 33.0 Å². The minimum atomic E-state index is 0.128. The molecule has 0 amide bonds. The van der Waals surface area contributed by atoms with Crippen molar-refractivity contribution in [3.63, 3.8) is 0 Å². The van der Waals surface area contributed by atoms with Crippen LogP contribution in [-0.4, -0.2) is 48.3 Å². The van der Waals surface area contributed by atoms with E-state index in [0.29, 0.717) is 38.0 Å². The summed E-state index contributed by atoms with van der Waals surface area (Å²) in [6.07, 6.45) is 23.7. The summed E-state index contributed by atoms with van der Waals surface area (Å²) in [6.45, 7) is 68.4. The molecule has 1 saturated carbocycles. The summed E-state index contributed by atoms with van der Waals surface area (Å²) < 4.78 is 1.94. The van der Waals surface area contributed by atoms with Gasteiger partial charge in [0, 0.05) is 41.9 Å². The summed E-state index contributed by atoms with van der Waals surface area (Å²) in [5.41, 5.74) is 4.59. The maximum absolute atomic E-state index is 4.18. The first-order chi connectivity index (χ1) is 42.1. The molecule has 6 nitrogen and oxygen atoms in total. The molecule has 8 aromatic rings. The Kier molecular flexibility index (Phi) is 52.4. The summed E-state index contributed by atoms with van der Waals surface area (Å²) >= 11 is 1.71. The zero-order chi connectivity index (χ0) is 71.4. The van der Waals surface area contributed by atoms with Crippen LogP contribution in [0.25, 0.3) is 21.7 Å². The second-order valence-electron chi connectivity index (χ2n) is 34.9. The lowest BCUT2D eigenvalue weighted by molar-refractivity contribution is 0.111. The molecule has 4 aromatic carbocycles. The zero-order valence-corrected chi connectivity index (χ0v) is 66.2. The highest BCUT2D eigenvalue weighted by Gasteiger charge is 2.22. The van der Waals surface area contributed by atoms with Gasteiger partial charge in [-0.3, -0.25) is 14.6 Å². The second-order valence-corrected chi connectivity index (χ2v) is 35.7. The number of nitrogens with zero attached hydrogens (tertiary/aromatic N) is 6. The number of hydrogen-bond acceptors (Lipinski definition) is 6. The fourth-order valence-corrected chi connectivity index (χ4v) is 6.76. The van der Waals surface area contributed by atoms with Crippen LogP contribution in [0.15, 0.2) is 194 Å². The van der Waals surface area contributed by atoms with Gasteiger partial charge in [-0.05, 0) is 146 Å². The molecule has 0 N–H and O–H groups in total. The van der Waals surface area contributed by atoms with Gasteiger partial charge in [0.2, 0.25) is 0 Å². The largest absolute Gasteiger partial charge is 0.298 e. The highest BCUT2D eigenvalue weighted by Crippen LogP contribution is 2.20. The normalized spacial score (nSPS) is 12.8. The quantitative estimate of drug-likeness (QED) is 0.151. The van der Waals surface area contributed by atoms with Crippen LogP contribution in [0.5, 0.6) is 0 Å². The number of pyridine rings is 1. The van der Waals surface area contributed by atoms with Gasteiger partial charge in [0.05, 0.1) is 11.1 Å². The predicted octanol–water partition coefficient (Wildman–Crippen LogP) is 27.5. The molecule has 7 heteroatoms. The van der Waals surface area contributed by atoms with Crippen molar-refractivity contribution in [2.45, 2.75) is 277 Å². The molecular weight excluding hydrogens is 1140 g/mol. The van der Waals surface area contributed by atoms with Gasteiger partial charge in [0.25, 0.3) is 0 Å². The van der Waals surface area contributed by atoms with Gasteiger partial charge in [-0.1, -0.05) is 332 Å². The maximum Gasteiger partial charge on any atom is 0.115 e. The molecule has 0 radical (unpaired) electrons. The first kappa shape index (κ1) is 92.9. The van der Waals surface area contributed by atoms with Crippen LogP contribution in [0.4, 0.5) is 0 Å². The molecule has 1 saturated heterocycles. The topological polar surface area (TPSA) is 59.7 Å². The molecule has 10 rings (SSSR count). The van der Waals surface area contributed by atoms with Crippen molar-refractivity contribution < 1.29 is 0 Å². The SMILES string of the molecule is C1CCCCC1.CC(C)(C)C.CC(C)(C)C.CC(C)(C)C.CC(C)(C)C.CC(C)(C)C.CC(C)(C)C.CC(C)(C)N1CCCCC1.CC(C)(C)n1cccn1.c1ccc2ccccc2c1.c1ccc2ncccc2c1.c1ccccc1.c1ccsc1.c1cncnc1. The first-order valence-electron chi connectivity index (χ1n) is 34.3. The van der Waals surface area contributed by atoms with E-state index in [1.807, 2.05) is 107 Å². The third-order valence-electron chi connectivity index (χ3n) is 9.74. The molecule has 0 atom stereocenters. The fraction of sp³-hybridized carbons (Fsp3) is 0.576. The van der Waals surface area contributed by atoms with E-state index in [9.17, 15) is 0 Å². The molecule has 0 bridgehead atoms. The molecule has 4 aromatic heterocycles. The molecule has 2 fully saturated rings. The van der Waals surface area contributed by atoms with E-state index in [-0.39, 0.29) is 5.54 Å². The summed E-state index contributed by atoms with van der Waals surface area (Å²) in [4.78, 5) is 14.1. The standard InChI is InChI=1S/C10H8.C9H7N.C9H19N.C7H12N2.C6H12.C6H6.6C5H12.C4H4N2.C4H4S/c1-2-6-10-8-4-3-7-9(10)5-1;1-2-6-9-8(4-1)5-3-7-10-9;1-9(2,3)10-7-5-4-6-8-10;1-7(2,3)9-6-4-5-8-9;2*1-2-4-6-5-3-1;6*1-5(2,3)4;1-2-5-4-6-3-1;1-2-4-5-3-1/h1-8H;1-7H;4-8H2,1-3H3;4-6H,1-3H3;1-6H2;1-6H;6*1-4H3;1-4H;1-4H. The Balaban J connectivity index is -0.000000458. The highest BCUT2D eigenvalue weighted by molar-refractivity contribution is 7.07. The number of likely N-dealkylation sites (tertiary alicyclic amines) is 1. The number of hydrogen-bond donors (Lipinski definition) is 0. The minimum Gasteiger partial charge on any atom is -0.298 e. The Hall–Kier alpha value is -5.50. The number of rotatable bonds is 0. The van der Waals surface area contributed by atoms with E-state index in [1.54, 1.807) is 36.0 Å². The van der Waals surface area contributed by atoms with Crippen LogP contribution in [-0.2, 0) is 5.54 Å². The highest BCUT2D eigenvalue weighted by atomic mass is 32.1. The number of aromatic nitrogens is 5. The zero-order valence-electron chi connectivity index (χ0n) is 65.3. The van der Waals surface area contributed by atoms with Gasteiger partial charge in [0.15, 0.2) is 0 Å². The monoisotopic (exact) mass is 1280 g/mol. The van der Waals surface area contributed by atoms with Gasteiger partial charge in [-0.15, -0.1) is 0 Å². The van der Waals surface area contributed by atoms with Crippen molar-refractivity contribution in [2.24, 2.45) is 32.5 Å². The first-order valence-corrected chi connectivity index (χ1v) is 35.2. The number of piperidine rings is 1.